The standard InChI is InChI=1S/C14H20N4S/c1-9(14-10(2)19-11(3)17-14)16-12-6-7-13(15-8-12)18(4)5/h6-9,16H,1-5H3. The van der Waals surface area contributed by atoms with Gasteiger partial charge in [-0.25, -0.2) is 9.97 Å². The molecule has 19 heavy (non-hydrogen) atoms. The summed E-state index contributed by atoms with van der Waals surface area (Å²) in [5.41, 5.74) is 2.14. The lowest BCUT2D eigenvalue weighted by Gasteiger charge is -2.15. The van der Waals surface area contributed by atoms with Crippen LogP contribution in [0.15, 0.2) is 18.3 Å². The Balaban J connectivity index is 2.10. The molecule has 0 saturated carbocycles. The fourth-order valence-corrected chi connectivity index (χ4v) is 2.92. The number of anilines is 2. The number of hydrogen-bond donors (Lipinski definition) is 1. The molecule has 0 aromatic carbocycles. The monoisotopic (exact) mass is 276 g/mol. The summed E-state index contributed by atoms with van der Waals surface area (Å²) >= 11 is 1.74. The number of aryl methyl sites for hydroxylation is 2. The normalized spacial score (nSPS) is 12.3. The van der Waals surface area contributed by atoms with Crippen LogP contribution in [0, 0.1) is 13.8 Å². The van der Waals surface area contributed by atoms with Crippen LogP contribution >= 0.6 is 11.3 Å². The molecule has 0 radical (unpaired) electrons. The van der Waals surface area contributed by atoms with Crippen molar-refractivity contribution < 1.29 is 0 Å². The first kappa shape index (κ1) is 13.8. The number of rotatable bonds is 4. The van der Waals surface area contributed by atoms with Crippen LogP contribution in [0.25, 0.3) is 0 Å². The quantitative estimate of drug-likeness (QED) is 0.929. The van der Waals surface area contributed by atoms with Crippen molar-refractivity contribution in [1.29, 1.82) is 0 Å². The van der Waals surface area contributed by atoms with E-state index in [1.54, 1.807) is 11.3 Å². The topological polar surface area (TPSA) is 41.1 Å². The first-order valence-corrected chi connectivity index (χ1v) is 7.13. The number of thiazole rings is 1. The summed E-state index contributed by atoms with van der Waals surface area (Å²) in [5.74, 6) is 0.957. The van der Waals surface area contributed by atoms with Gasteiger partial charge in [-0.15, -0.1) is 11.3 Å². The molecule has 2 aromatic rings. The predicted octanol–water partition coefficient (Wildman–Crippen LogP) is 3.39. The van der Waals surface area contributed by atoms with Crippen molar-refractivity contribution in [2.75, 3.05) is 24.3 Å². The van der Waals surface area contributed by atoms with Gasteiger partial charge in [-0.3, -0.25) is 0 Å². The Kier molecular flexibility index (Phi) is 4.04. The van der Waals surface area contributed by atoms with Gasteiger partial charge in [0, 0.05) is 19.0 Å². The molecule has 0 aliphatic carbocycles. The first-order chi connectivity index (χ1) is 8.97. The van der Waals surface area contributed by atoms with Crippen molar-refractivity contribution in [2.45, 2.75) is 26.8 Å². The highest BCUT2D eigenvalue weighted by Gasteiger charge is 2.13. The SMILES string of the molecule is Cc1nc(C(C)Nc2ccc(N(C)C)nc2)c(C)s1. The third-order valence-corrected chi connectivity index (χ3v) is 3.84. The van der Waals surface area contributed by atoms with Crippen molar-refractivity contribution in [1.82, 2.24) is 9.97 Å². The fourth-order valence-electron chi connectivity index (χ4n) is 2.00. The Bertz CT molecular complexity index is 545. The van der Waals surface area contributed by atoms with E-state index in [1.165, 1.54) is 4.88 Å². The van der Waals surface area contributed by atoms with E-state index >= 15 is 0 Å². The van der Waals surface area contributed by atoms with Crippen LogP contribution in [-0.4, -0.2) is 24.1 Å². The van der Waals surface area contributed by atoms with Gasteiger partial charge in [-0.1, -0.05) is 0 Å². The van der Waals surface area contributed by atoms with Gasteiger partial charge in [0.15, 0.2) is 0 Å². The molecule has 0 bridgehead atoms. The van der Waals surface area contributed by atoms with Crippen LogP contribution < -0.4 is 10.2 Å². The number of hydrogen-bond acceptors (Lipinski definition) is 5. The summed E-state index contributed by atoms with van der Waals surface area (Å²) in [6.07, 6.45) is 1.86. The Morgan fingerprint density at radius 1 is 1.26 bits per heavy atom. The second kappa shape index (κ2) is 5.57. The van der Waals surface area contributed by atoms with E-state index < -0.39 is 0 Å². The molecule has 0 aliphatic heterocycles. The second-order valence-electron chi connectivity index (χ2n) is 4.84. The number of nitrogens with zero attached hydrogens (tertiary/aromatic N) is 3. The summed E-state index contributed by atoms with van der Waals surface area (Å²) in [6, 6.07) is 4.25. The predicted molar refractivity (Wildman–Crippen MR) is 82.2 cm³/mol. The van der Waals surface area contributed by atoms with E-state index in [2.05, 4.69) is 29.1 Å². The molecular formula is C14H20N4S. The van der Waals surface area contributed by atoms with Crippen molar-refractivity contribution in [3.05, 3.63) is 33.9 Å². The molecule has 2 aromatic heterocycles. The molecule has 0 spiro atoms. The minimum absolute atomic E-state index is 0.192. The van der Waals surface area contributed by atoms with Gasteiger partial charge >= 0.3 is 0 Å². The highest BCUT2D eigenvalue weighted by Crippen LogP contribution is 2.25. The summed E-state index contributed by atoms with van der Waals surface area (Å²) in [5, 5.41) is 4.55. The smallest absolute Gasteiger partial charge is 0.128 e. The first-order valence-electron chi connectivity index (χ1n) is 6.31. The van der Waals surface area contributed by atoms with Crippen LogP contribution in [-0.2, 0) is 0 Å². The van der Waals surface area contributed by atoms with Crippen LogP contribution in [0.1, 0.15) is 28.5 Å². The maximum Gasteiger partial charge on any atom is 0.128 e. The molecule has 1 unspecified atom stereocenters. The van der Waals surface area contributed by atoms with Gasteiger partial charge in [0.25, 0.3) is 0 Å². The molecule has 0 aliphatic rings. The largest absolute Gasteiger partial charge is 0.376 e. The molecule has 102 valence electrons. The molecule has 0 fully saturated rings. The Hall–Kier alpha value is -1.62. The highest BCUT2D eigenvalue weighted by molar-refractivity contribution is 7.11. The minimum Gasteiger partial charge on any atom is -0.376 e. The third kappa shape index (κ3) is 3.23. The lowest BCUT2D eigenvalue weighted by molar-refractivity contribution is 0.835. The van der Waals surface area contributed by atoms with Crippen molar-refractivity contribution in [3.8, 4) is 0 Å². The molecule has 1 N–H and O–H groups in total. The summed E-state index contributed by atoms with van der Waals surface area (Å²) in [6.45, 7) is 6.29. The Labute approximate surface area is 118 Å². The molecule has 0 saturated heterocycles. The molecule has 4 nitrogen and oxygen atoms in total. The van der Waals surface area contributed by atoms with E-state index in [0.717, 1.165) is 22.2 Å². The summed E-state index contributed by atoms with van der Waals surface area (Å²) in [4.78, 5) is 12.2. The van der Waals surface area contributed by atoms with Crippen LogP contribution in [0.5, 0.6) is 0 Å². The lowest BCUT2D eigenvalue weighted by atomic mass is 10.2. The lowest BCUT2D eigenvalue weighted by Crippen LogP contribution is -2.12. The maximum atomic E-state index is 4.58. The Morgan fingerprint density at radius 2 is 2.00 bits per heavy atom. The number of pyridine rings is 1. The van der Waals surface area contributed by atoms with Gasteiger partial charge in [-0.2, -0.15) is 0 Å². The zero-order chi connectivity index (χ0) is 14.0. The summed E-state index contributed by atoms with van der Waals surface area (Å²) < 4.78 is 0. The van der Waals surface area contributed by atoms with Crippen LogP contribution in [0.2, 0.25) is 0 Å². The zero-order valence-electron chi connectivity index (χ0n) is 12.1. The van der Waals surface area contributed by atoms with Gasteiger partial charge in [0.1, 0.15) is 5.82 Å². The number of nitrogens with one attached hydrogen (secondary N) is 1. The van der Waals surface area contributed by atoms with E-state index in [0.29, 0.717) is 0 Å². The van der Waals surface area contributed by atoms with E-state index in [1.807, 2.05) is 44.2 Å². The molecular weight excluding hydrogens is 256 g/mol. The van der Waals surface area contributed by atoms with Crippen molar-refractivity contribution >= 4 is 22.8 Å². The molecule has 2 heterocycles. The van der Waals surface area contributed by atoms with Crippen LogP contribution in [0.3, 0.4) is 0 Å². The van der Waals surface area contributed by atoms with Crippen molar-refractivity contribution in [2.24, 2.45) is 0 Å². The van der Waals surface area contributed by atoms with Gasteiger partial charge < -0.3 is 10.2 Å². The van der Waals surface area contributed by atoms with Crippen LogP contribution in [0.4, 0.5) is 11.5 Å². The molecule has 5 heteroatoms. The van der Waals surface area contributed by atoms with Gasteiger partial charge in [0.05, 0.1) is 28.6 Å². The molecule has 0 amide bonds. The Morgan fingerprint density at radius 3 is 2.47 bits per heavy atom. The summed E-state index contributed by atoms with van der Waals surface area (Å²) in [7, 11) is 3.97. The highest BCUT2D eigenvalue weighted by atomic mass is 32.1. The minimum atomic E-state index is 0.192. The van der Waals surface area contributed by atoms with Crippen molar-refractivity contribution in [3.63, 3.8) is 0 Å². The number of aromatic nitrogens is 2. The van der Waals surface area contributed by atoms with E-state index in [9.17, 15) is 0 Å². The second-order valence-corrected chi connectivity index (χ2v) is 6.25. The molecule has 1 atom stereocenters. The van der Waals surface area contributed by atoms with Gasteiger partial charge in [-0.05, 0) is 32.9 Å². The third-order valence-electron chi connectivity index (χ3n) is 2.94. The fraction of sp³-hybridized carbons (Fsp3) is 0.429. The molecule has 2 rings (SSSR count). The zero-order valence-corrected chi connectivity index (χ0v) is 12.9. The van der Waals surface area contributed by atoms with Gasteiger partial charge in [0.2, 0.25) is 0 Å². The average molecular weight is 276 g/mol. The van der Waals surface area contributed by atoms with E-state index in [-0.39, 0.29) is 6.04 Å². The van der Waals surface area contributed by atoms with E-state index in [4.69, 9.17) is 0 Å². The maximum absolute atomic E-state index is 4.58. The average Bonchev–Trinajstić information content (AvgIpc) is 2.69.